The first kappa shape index (κ1) is 36.2. The Morgan fingerprint density at radius 3 is 1.37 bits per heavy atom. The molecular weight excluding hydrogens is 615 g/mol. The van der Waals surface area contributed by atoms with Crippen molar-refractivity contribution in [2.24, 2.45) is 0 Å². The van der Waals surface area contributed by atoms with Crippen LogP contribution in [0.3, 0.4) is 0 Å². The summed E-state index contributed by atoms with van der Waals surface area (Å²) in [5.74, 6) is 12.0. The Kier molecular flexibility index (Phi) is 12.4. The summed E-state index contributed by atoms with van der Waals surface area (Å²) in [6, 6.07) is 16.9. The van der Waals surface area contributed by atoms with Crippen LogP contribution in [0.5, 0.6) is 0 Å². The molecule has 2 amide bonds. The number of nitrogens with one attached hydrogen (secondary N) is 2. The van der Waals surface area contributed by atoms with E-state index in [2.05, 4.69) is 80.8 Å². The maximum atomic E-state index is 12.5. The molecule has 0 atom stereocenters. The predicted molar refractivity (Wildman–Crippen MR) is 190 cm³/mol. The third-order valence-electron chi connectivity index (χ3n) is 6.53. The number of rotatable bonds is 6. The van der Waals surface area contributed by atoms with Gasteiger partial charge in [0.25, 0.3) is 0 Å². The van der Waals surface area contributed by atoms with Gasteiger partial charge in [-0.25, -0.2) is 4.98 Å². The number of carbonyl (C=O) groups is 4. The second-order valence-electron chi connectivity index (χ2n) is 12.6. The van der Waals surface area contributed by atoms with Crippen molar-refractivity contribution in [3.8, 4) is 23.7 Å². The first-order chi connectivity index (χ1) is 21.5. The summed E-state index contributed by atoms with van der Waals surface area (Å²) in [6.45, 7) is 15.5. The summed E-state index contributed by atoms with van der Waals surface area (Å²) in [7, 11) is 0. The van der Waals surface area contributed by atoms with Crippen LogP contribution in [-0.2, 0) is 30.0 Å². The zero-order valence-electron chi connectivity index (χ0n) is 27.5. The Morgan fingerprint density at radius 1 is 0.630 bits per heavy atom. The van der Waals surface area contributed by atoms with Crippen LogP contribution >= 0.6 is 23.5 Å². The standard InChI is InChI=1S/C37H39N3O4S2/c1-24(41)45-22-34(43)39-32-18-14-28(36(3,4)5)20-26(32)12-16-30-10-9-11-31(38-30)17-13-27-21-29(37(6,7)8)15-19-33(27)40-35(44)23-46-25(2)42/h9-11,14-15,18-21H,22-23H2,1-8H3,(H,39,43)(H,40,44). The minimum atomic E-state index is -0.286. The maximum absolute atomic E-state index is 12.5. The Labute approximate surface area is 280 Å². The Hall–Kier alpha value is -4.31. The zero-order chi connectivity index (χ0) is 34.1. The highest BCUT2D eigenvalue weighted by atomic mass is 32.2. The molecule has 2 N–H and O–H groups in total. The monoisotopic (exact) mass is 653 g/mol. The Bertz CT molecular complexity index is 1650. The van der Waals surface area contributed by atoms with Gasteiger partial charge in [0.15, 0.2) is 10.2 Å². The van der Waals surface area contributed by atoms with Crippen LogP contribution in [0.2, 0.25) is 0 Å². The molecule has 1 heterocycles. The number of anilines is 2. The van der Waals surface area contributed by atoms with Crippen molar-refractivity contribution in [3.63, 3.8) is 0 Å². The summed E-state index contributed by atoms with van der Waals surface area (Å²) in [5.41, 5.74) is 5.22. The number of hydrogen-bond donors (Lipinski definition) is 2. The fraction of sp³-hybridized carbons (Fsp3) is 0.324. The van der Waals surface area contributed by atoms with Crippen molar-refractivity contribution >= 4 is 56.9 Å². The Morgan fingerprint density at radius 2 is 1.02 bits per heavy atom. The molecule has 46 heavy (non-hydrogen) atoms. The van der Waals surface area contributed by atoms with E-state index in [0.29, 0.717) is 33.9 Å². The van der Waals surface area contributed by atoms with E-state index in [4.69, 9.17) is 0 Å². The first-order valence-electron chi connectivity index (χ1n) is 14.7. The number of thioether (sulfide) groups is 2. The fourth-order valence-corrected chi connectivity index (χ4v) is 4.80. The average Bonchev–Trinajstić information content (AvgIpc) is 2.97. The highest BCUT2D eigenvalue weighted by Gasteiger charge is 2.17. The molecule has 238 valence electrons. The normalized spacial score (nSPS) is 11.0. The number of carbonyl (C=O) groups excluding carboxylic acids is 4. The molecule has 2 aromatic carbocycles. The van der Waals surface area contributed by atoms with Gasteiger partial charge >= 0.3 is 0 Å². The lowest BCUT2D eigenvalue weighted by Gasteiger charge is -2.20. The van der Waals surface area contributed by atoms with Crippen LogP contribution in [0.1, 0.15) is 89.0 Å². The summed E-state index contributed by atoms with van der Waals surface area (Å²) >= 11 is 1.90. The summed E-state index contributed by atoms with van der Waals surface area (Å²) in [4.78, 5) is 52.2. The van der Waals surface area contributed by atoms with Gasteiger partial charge in [0.2, 0.25) is 11.8 Å². The second kappa shape index (κ2) is 15.8. The minimum Gasteiger partial charge on any atom is -0.324 e. The minimum absolute atomic E-state index is 0.0208. The maximum Gasteiger partial charge on any atom is 0.234 e. The highest BCUT2D eigenvalue weighted by molar-refractivity contribution is 8.14. The molecule has 0 bridgehead atoms. The highest BCUT2D eigenvalue weighted by Crippen LogP contribution is 2.28. The quantitative estimate of drug-likeness (QED) is 0.279. The lowest BCUT2D eigenvalue weighted by molar-refractivity contribution is -0.114. The number of hydrogen-bond acceptors (Lipinski definition) is 7. The van der Waals surface area contributed by atoms with Crippen molar-refractivity contribution in [2.75, 3.05) is 22.1 Å². The van der Waals surface area contributed by atoms with E-state index < -0.39 is 0 Å². The number of pyridine rings is 1. The molecule has 0 spiro atoms. The third kappa shape index (κ3) is 11.6. The van der Waals surface area contributed by atoms with Crippen LogP contribution in [0.15, 0.2) is 54.6 Å². The zero-order valence-corrected chi connectivity index (χ0v) is 29.1. The number of aromatic nitrogens is 1. The van der Waals surface area contributed by atoms with Crippen LogP contribution in [0.25, 0.3) is 0 Å². The largest absolute Gasteiger partial charge is 0.324 e. The molecule has 7 nitrogen and oxygen atoms in total. The number of nitrogens with zero attached hydrogens (tertiary/aromatic N) is 1. The number of amides is 2. The van der Waals surface area contributed by atoms with E-state index in [9.17, 15) is 19.2 Å². The van der Waals surface area contributed by atoms with Crippen molar-refractivity contribution < 1.29 is 19.2 Å². The second-order valence-corrected chi connectivity index (χ2v) is 14.9. The van der Waals surface area contributed by atoms with Gasteiger partial charge < -0.3 is 10.6 Å². The van der Waals surface area contributed by atoms with Crippen LogP contribution in [0.4, 0.5) is 11.4 Å². The topological polar surface area (TPSA) is 105 Å². The average molecular weight is 654 g/mol. The smallest absolute Gasteiger partial charge is 0.234 e. The molecule has 0 aliphatic carbocycles. The van der Waals surface area contributed by atoms with Gasteiger partial charge in [0.05, 0.1) is 22.9 Å². The van der Waals surface area contributed by atoms with Gasteiger partial charge in [0, 0.05) is 25.0 Å². The molecule has 0 fully saturated rings. The van der Waals surface area contributed by atoms with Crippen LogP contribution in [-0.4, -0.2) is 38.5 Å². The SMILES string of the molecule is CC(=O)SCC(=O)Nc1ccc(C(C)(C)C)cc1C#Cc1cccc(C#Cc2cc(C(C)(C)C)ccc2NC(=O)CSC(C)=O)n1. The van der Waals surface area contributed by atoms with E-state index in [1.807, 2.05) is 42.5 Å². The summed E-state index contributed by atoms with van der Waals surface area (Å²) < 4.78 is 0. The van der Waals surface area contributed by atoms with Crippen molar-refractivity contribution in [1.29, 1.82) is 0 Å². The van der Waals surface area contributed by atoms with Gasteiger partial charge in [-0.3, -0.25) is 19.2 Å². The summed E-state index contributed by atoms with van der Waals surface area (Å²) in [6.07, 6.45) is 0. The van der Waals surface area contributed by atoms with Gasteiger partial charge in [0.1, 0.15) is 11.4 Å². The first-order valence-corrected chi connectivity index (χ1v) is 16.6. The molecule has 3 rings (SSSR count). The van der Waals surface area contributed by atoms with E-state index in [1.165, 1.54) is 13.8 Å². The van der Waals surface area contributed by atoms with E-state index in [0.717, 1.165) is 34.7 Å². The van der Waals surface area contributed by atoms with Crippen molar-refractivity contribution in [1.82, 2.24) is 4.98 Å². The predicted octanol–water partition coefficient (Wildman–Crippen LogP) is 6.91. The lowest BCUT2D eigenvalue weighted by atomic mass is 9.86. The molecule has 0 saturated heterocycles. The van der Waals surface area contributed by atoms with Crippen molar-refractivity contribution in [3.05, 3.63) is 88.2 Å². The van der Waals surface area contributed by atoms with Crippen LogP contribution in [0, 0.1) is 23.7 Å². The van der Waals surface area contributed by atoms with Gasteiger partial charge in [-0.2, -0.15) is 0 Å². The van der Waals surface area contributed by atoms with Crippen LogP contribution < -0.4 is 10.6 Å². The molecule has 0 radical (unpaired) electrons. The molecular formula is C37H39N3O4S2. The van der Waals surface area contributed by atoms with Gasteiger partial charge in [-0.1, -0.05) is 95.1 Å². The molecule has 0 saturated carbocycles. The molecule has 9 heteroatoms. The lowest BCUT2D eigenvalue weighted by Crippen LogP contribution is -2.17. The van der Waals surface area contributed by atoms with Crippen molar-refractivity contribution in [2.45, 2.75) is 66.2 Å². The van der Waals surface area contributed by atoms with E-state index in [-0.39, 0.29) is 44.4 Å². The molecule has 3 aromatic rings. The van der Waals surface area contributed by atoms with E-state index >= 15 is 0 Å². The van der Waals surface area contributed by atoms with Gasteiger partial charge in [-0.05, 0) is 70.2 Å². The molecule has 0 aliphatic rings. The van der Waals surface area contributed by atoms with E-state index in [1.54, 1.807) is 12.1 Å². The fourth-order valence-electron chi connectivity index (χ4n) is 3.99. The molecule has 0 aliphatic heterocycles. The Balaban J connectivity index is 1.95. The van der Waals surface area contributed by atoms with Gasteiger partial charge in [-0.15, -0.1) is 0 Å². The molecule has 1 aromatic heterocycles. The summed E-state index contributed by atoms with van der Waals surface area (Å²) in [5, 5.41) is 5.49. The number of benzene rings is 2. The third-order valence-corrected chi connectivity index (χ3v) is 8.16. The molecule has 0 unspecified atom stereocenters.